The van der Waals surface area contributed by atoms with Gasteiger partial charge in [-0.2, -0.15) is 4.57 Å². The van der Waals surface area contributed by atoms with E-state index < -0.39 is 4.92 Å². The summed E-state index contributed by atoms with van der Waals surface area (Å²) in [6.45, 7) is 0. The summed E-state index contributed by atoms with van der Waals surface area (Å²) in [5, 5.41) is 32.1. The van der Waals surface area contributed by atoms with Crippen LogP contribution in [0.4, 0.5) is 5.69 Å². The second kappa shape index (κ2) is 5.02. The van der Waals surface area contributed by atoms with Gasteiger partial charge < -0.3 is 5.11 Å². The van der Waals surface area contributed by atoms with Crippen molar-refractivity contribution >= 4 is 33.9 Å². The van der Waals surface area contributed by atoms with Crippen molar-refractivity contribution in [2.45, 2.75) is 5.03 Å². The molecular weight excluding hydrogens is 290 g/mol. The van der Waals surface area contributed by atoms with Crippen molar-refractivity contribution in [3.05, 3.63) is 64.3 Å². The lowest BCUT2D eigenvalue weighted by molar-refractivity contribution is -0.616. The molecule has 0 bridgehead atoms. The summed E-state index contributed by atoms with van der Waals surface area (Å²) < 4.78 is 1.66. The number of hydrogen-bond donors (Lipinski definition) is 1. The molecule has 0 atom stereocenters. The Bertz CT molecular complexity index is 784. The number of benzene rings is 1. The van der Waals surface area contributed by atoms with E-state index in [4.69, 9.17) is 5.41 Å². The molecule has 0 saturated carbocycles. The molecule has 104 valence electrons. The van der Waals surface area contributed by atoms with Gasteiger partial charge in [0.15, 0.2) is 11.2 Å². The number of nitrogens with zero attached hydrogens (tertiary/aromatic N) is 2. The topological polar surface area (TPSA) is 93.9 Å². The quantitative estimate of drug-likeness (QED) is 0.395. The second-order valence-corrected chi connectivity index (χ2v) is 5.35. The Labute approximate surface area is 124 Å². The molecule has 1 aliphatic heterocycles. The van der Waals surface area contributed by atoms with Crippen molar-refractivity contribution in [2.75, 3.05) is 0 Å². The molecule has 0 fully saturated rings. The first kappa shape index (κ1) is 13.3. The number of nitro groups is 1. The molecule has 0 aliphatic carbocycles. The maximum Gasteiger partial charge on any atom is 0.269 e. The van der Waals surface area contributed by atoms with Gasteiger partial charge in [-0.25, -0.2) is 0 Å². The van der Waals surface area contributed by atoms with Crippen LogP contribution < -0.4 is 9.67 Å². The van der Waals surface area contributed by atoms with Gasteiger partial charge in [0.25, 0.3) is 10.7 Å². The molecule has 2 aromatic rings. The number of pyridine rings is 1. The summed E-state index contributed by atoms with van der Waals surface area (Å²) in [5.74, 6) is -0.322. The van der Waals surface area contributed by atoms with Crippen LogP contribution in [0.1, 0.15) is 5.56 Å². The van der Waals surface area contributed by atoms with E-state index in [0.717, 1.165) is 5.03 Å². The highest BCUT2D eigenvalue weighted by molar-refractivity contribution is 8.15. The molecule has 21 heavy (non-hydrogen) atoms. The van der Waals surface area contributed by atoms with E-state index in [1.165, 1.54) is 36.0 Å². The van der Waals surface area contributed by atoms with Gasteiger partial charge >= 0.3 is 0 Å². The SMILES string of the molecule is N=C1Sc2cccc[n+]2C1=C([O-])c1ccc([N+](=O)[O-])cc1. The Balaban J connectivity index is 2.10. The van der Waals surface area contributed by atoms with Crippen LogP contribution in [-0.2, 0) is 0 Å². The summed E-state index contributed by atoms with van der Waals surface area (Å²) >= 11 is 1.21. The minimum absolute atomic E-state index is 0.0690. The number of rotatable bonds is 2. The van der Waals surface area contributed by atoms with Crippen molar-refractivity contribution in [3.8, 4) is 0 Å². The average molecular weight is 299 g/mol. The van der Waals surface area contributed by atoms with Crippen molar-refractivity contribution < 1.29 is 14.6 Å². The van der Waals surface area contributed by atoms with Crippen LogP contribution >= 0.6 is 11.8 Å². The molecule has 1 aromatic carbocycles. The molecule has 6 nitrogen and oxygen atoms in total. The standard InChI is InChI=1S/C14H9N3O3S/c15-14-12(16-8-2-1-3-11(16)21-14)13(18)9-4-6-10(7-5-9)17(19)20/h1-8H,(H-,15,18). The Morgan fingerprint density at radius 3 is 2.57 bits per heavy atom. The zero-order chi connectivity index (χ0) is 15.0. The zero-order valence-corrected chi connectivity index (χ0v) is 11.5. The fourth-order valence-electron chi connectivity index (χ4n) is 2.04. The smallest absolute Gasteiger partial charge is 0.269 e. The normalized spacial score (nSPS) is 15.7. The summed E-state index contributed by atoms with van der Waals surface area (Å²) in [5.41, 5.74) is 0.523. The van der Waals surface area contributed by atoms with Crippen molar-refractivity contribution in [1.82, 2.24) is 0 Å². The summed E-state index contributed by atoms with van der Waals surface area (Å²) in [7, 11) is 0. The number of nitro benzene ring substituents is 1. The number of aromatic nitrogens is 1. The third kappa shape index (κ3) is 2.27. The lowest BCUT2D eigenvalue weighted by Crippen LogP contribution is -2.34. The van der Waals surface area contributed by atoms with Gasteiger partial charge in [-0.3, -0.25) is 15.5 Å². The first-order valence-electron chi connectivity index (χ1n) is 6.02. The molecule has 0 unspecified atom stereocenters. The third-order valence-electron chi connectivity index (χ3n) is 3.04. The molecule has 2 heterocycles. The average Bonchev–Trinajstić information content (AvgIpc) is 2.82. The summed E-state index contributed by atoms with van der Waals surface area (Å²) in [4.78, 5) is 10.1. The van der Waals surface area contributed by atoms with Crippen LogP contribution in [0.2, 0.25) is 0 Å². The summed E-state index contributed by atoms with van der Waals surface area (Å²) in [6, 6.07) is 10.8. The number of hydrogen-bond acceptors (Lipinski definition) is 5. The molecule has 0 radical (unpaired) electrons. The van der Waals surface area contributed by atoms with E-state index in [1.807, 2.05) is 12.1 Å². The van der Waals surface area contributed by atoms with Gasteiger partial charge in [0, 0.05) is 36.0 Å². The molecule has 1 N–H and O–H groups in total. The van der Waals surface area contributed by atoms with Crippen LogP contribution in [0.15, 0.2) is 53.7 Å². The van der Waals surface area contributed by atoms with Gasteiger partial charge in [-0.1, -0.05) is 0 Å². The second-order valence-electron chi connectivity index (χ2n) is 4.32. The predicted molar refractivity (Wildman–Crippen MR) is 76.4 cm³/mol. The predicted octanol–water partition coefficient (Wildman–Crippen LogP) is 1.65. The van der Waals surface area contributed by atoms with Gasteiger partial charge in [0.05, 0.1) is 4.92 Å². The number of nitrogens with one attached hydrogen (secondary N) is 1. The van der Waals surface area contributed by atoms with Gasteiger partial charge in [-0.05, 0) is 29.5 Å². The Hall–Kier alpha value is -2.67. The van der Waals surface area contributed by atoms with E-state index in [0.29, 0.717) is 5.56 Å². The highest BCUT2D eigenvalue weighted by Crippen LogP contribution is 2.30. The Morgan fingerprint density at radius 2 is 1.90 bits per heavy atom. The van der Waals surface area contributed by atoms with E-state index in [1.54, 1.807) is 16.8 Å². The monoisotopic (exact) mass is 299 g/mol. The first-order chi connectivity index (χ1) is 10.1. The molecule has 0 spiro atoms. The van der Waals surface area contributed by atoms with Crippen LogP contribution in [0.5, 0.6) is 0 Å². The highest BCUT2D eigenvalue weighted by Gasteiger charge is 2.32. The van der Waals surface area contributed by atoms with Gasteiger partial charge in [0.2, 0.25) is 5.70 Å². The Morgan fingerprint density at radius 1 is 1.19 bits per heavy atom. The number of non-ortho nitro benzene ring substituents is 1. The van der Waals surface area contributed by atoms with Crippen molar-refractivity contribution in [1.29, 1.82) is 5.41 Å². The van der Waals surface area contributed by atoms with Crippen LogP contribution in [-0.4, -0.2) is 9.97 Å². The number of fused-ring (bicyclic) bond motifs is 1. The maximum atomic E-state index is 12.5. The fraction of sp³-hybridized carbons (Fsp3) is 0. The third-order valence-corrected chi connectivity index (χ3v) is 3.98. The molecule has 0 saturated heterocycles. The molecule has 7 heteroatoms. The molecule has 1 aromatic heterocycles. The van der Waals surface area contributed by atoms with Crippen molar-refractivity contribution in [3.63, 3.8) is 0 Å². The van der Waals surface area contributed by atoms with Crippen LogP contribution in [0, 0.1) is 15.5 Å². The van der Waals surface area contributed by atoms with Gasteiger partial charge in [0.1, 0.15) is 0 Å². The minimum Gasteiger partial charge on any atom is -0.868 e. The van der Waals surface area contributed by atoms with Crippen molar-refractivity contribution in [2.24, 2.45) is 0 Å². The fourth-order valence-corrected chi connectivity index (χ4v) is 2.94. The zero-order valence-electron chi connectivity index (χ0n) is 10.6. The molecular formula is C14H9N3O3S. The lowest BCUT2D eigenvalue weighted by atomic mass is 10.1. The minimum atomic E-state index is -0.515. The van der Waals surface area contributed by atoms with Crippen LogP contribution in [0.25, 0.3) is 11.5 Å². The molecule has 1 aliphatic rings. The highest BCUT2D eigenvalue weighted by atomic mass is 32.2. The number of thioether (sulfide) groups is 1. The summed E-state index contributed by atoms with van der Waals surface area (Å²) in [6.07, 6.45) is 1.72. The largest absolute Gasteiger partial charge is 0.868 e. The molecule has 3 rings (SSSR count). The lowest BCUT2D eigenvalue weighted by Gasteiger charge is -2.11. The van der Waals surface area contributed by atoms with E-state index in [9.17, 15) is 15.2 Å². The maximum absolute atomic E-state index is 12.5. The van der Waals surface area contributed by atoms with E-state index >= 15 is 0 Å². The molecule has 0 amide bonds. The van der Waals surface area contributed by atoms with E-state index in [2.05, 4.69) is 0 Å². The van der Waals surface area contributed by atoms with E-state index in [-0.39, 0.29) is 22.2 Å². The Kier molecular flexibility index (Phi) is 3.19. The van der Waals surface area contributed by atoms with Gasteiger partial charge in [-0.15, -0.1) is 0 Å². The first-order valence-corrected chi connectivity index (χ1v) is 6.83. The van der Waals surface area contributed by atoms with Crippen LogP contribution in [0.3, 0.4) is 0 Å².